The fourth-order valence-electron chi connectivity index (χ4n) is 3.03. The van der Waals surface area contributed by atoms with E-state index in [9.17, 15) is 9.59 Å². The molecule has 7 nitrogen and oxygen atoms in total. The van der Waals surface area contributed by atoms with Crippen LogP contribution in [0.3, 0.4) is 0 Å². The number of thiophene rings is 2. The third-order valence-corrected chi connectivity index (χ3v) is 6.72. The van der Waals surface area contributed by atoms with Gasteiger partial charge in [0.1, 0.15) is 10.9 Å². The molecule has 1 atom stereocenters. The number of aromatic nitrogens is 3. The molecule has 0 radical (unpaired) electrons. The number of ether oxygens (including phenoxy) is 1. The van der Waals surface area contributed by atoms with Crippen LogP contribution >= 0.6 is 34.9 Å². The van der Waals surface area contributed by atoms with Crippen LogP contribution in [0.1, 0.15) is 29.6 Å². The van der Waals surface area contributed by atoms with Crippen molar-refractivity contribution in [1.82, 2.24) is 14.8 Å². The smallest absolute Gasteiger partial charge is 0.348 e. The lowest BCUT2D eigenvalue weighted by Gasteiger charge is -2.15. The van der Waals surface area contributed by atoms with Crippen LogP contribution in [-0.2, 0) is 9.53 Å². The first-order valence-corrected chi connectivity index (χ1v) is 11.3. The molecule has 0 aliphatic heterocycles. The van der Waals surface area contributed by atoms with Crippen LogP contribution in [0.15, 0.2) is 41.8 Å². The highest BCUT2D eigenvalue weighted by Gasteiger charge is 2.22. The van der Waals surface area contributed by atoms with Crippen molar-refractivity contribution < 1.29 is 14.3 Å². The average molecular weight is 459 g/mol. The van der Waals surface area contributed by atoms with Gasteiger partial charge < -0.3 is 10.1 Å². The maximum absolute atomic E-state index is 12.9. The Labute approximate surface area is 185 Å². The fraction of sp³-hybridized carbons (Fsp3) is 0.200. The van der Waals surface area contributed by atoms with Crippen LogP contribution in [0, 0.1) is 4.77 Å². The number of rotatable bonds is 6. The highest BCUT2D eigenvalue weighted by Crippen LogP contribution is 2.30. The van der Waals surface area contributed by atoms with E-state index in [0.717, 1.165) is 15.0 Å². The van der Waals surface area contributed by atoms with Gasteiger partial charge >= 0.3 is 5.97 Å². The summed E-state index contributed by atoms with van der Waals surface area (Å²) in [5, 5.41) is 12.8. The second kappa shape index (κ2) is 8.50. The number of hydrogen-bond donors (Lipinski definition) is 2. The molecule has 1 unspecified atom stereocenters. The molecular weight excluding hydrogens is 440 g/mol. The average Bonchev–Trinajstić information content (AvgIpc) is 3.46. The number of benzene rings is 1. The molecule has 0 bridgehead atoms. The molecule has 4 aromatic rings. The van der Waals surface area contributed by atoms with Gasteiger partial charge in [-0.3, -0.25) is 14.5 Å². The van der Waals surface area contributed by atoms with E-state index in [2.05, 4.69) is 15.5 Å². The number of carbonyl (C=O) groups excluding carboxylic acids is 2. The van der Waals surface area contributed by atoms with Gasteiger partial charge in [0.15, 0.2) is 10.6 Å². The molecule has 1 aromatic carbocycles. The third kappa shape index (κ3) is 3.93. The van der Waals surface area contributed by atoms with E-state index in [0.29, 0.717) is 27.8 Å². The fourth-order valence-corrected chi connectivity index (χ4v) is 4.97. The maximum atomic E-state index is 12.9. The molecule has 1 amide bonds. The van der Waals surface area contributed by atoms with Crippen LogP contribution in [0.4, 0.5) is 5.69 Å². The number of anilines is 1. The summed E-state index contributed by atoms with van der Waals surface area (Å²) in [5.74, 6) is 0.0730. The van der Waals surface area contributed by atoms with Gasteiger partial charge in [-0.1, -0.05) is 6.07 Å². The Morgan fingerprint density at radius 3 is 2.90 bits per heavy atom. The minimum absolute atomic E-state index is 0.217. The number of fused-ring (bicyclic) bond motifs is 1. The lowest BCUT2D eigenvalue weighted by atomic mass is 10.2. The van der Waals surface area contributed by atoms with Crippen LogP contribution < -0.4 is 5.32 Å². The van der Waals surface area contributed by atoms with Crippen molar-refractivity contribution in [2.75, 3.05) is 11.9 Å². The van der Waals surface area contributed by atoms with Crippen LogP contribution in [0.25, 0.3) is 20.8 Å². The highest BCUT2D eigenvalue weighted by atomic mass is 32.1. The molecule has 0 aliphatic carbocycles. The molecule has 30 heavy (non-hydrogen) atoms. The number of carbonyl (C=O) groups is 2. The summed E-state index contributed by atoms with van der Waals surface area (Å²) in [6, 6.07) is 10.6. The summed E-state index contributed by atoms with van der Waals surface area (Å²) in [7, 11) is 0. The summed E-state index contributed by atoms with van der Waals surface area (Å²) >= 11 is 8.24. The van der Waals surface area contributed by atoms with Crippen molar-refractivity contribution in [3.05, 3.63) is 51.4 Å². The first-order chi connectivity index (χ1) is 14.5. The van der Waals surface area contributed by atoms with Gasteiger partial charge in [0, 0.05) is 10.4 Å². The minimum Gasteiger partial charge on any atom is -0.462 e. The predicted molar refractivity (Wildman–Crippen MR) is 122 cm³/mol. The zero-order chi connectivity index (χ0) is 21.3. The molecule has 10 heteroatoms. The Kier molecular flexibility index (Phi) is 5.80. The van der Waals surface area contributed by atoms with Gasteiger partial charge in [0.05, 0.1) is 11.5 Å². The third-order valence-electron chi connectivity index (χ3n) is 4.47. The predicted octanol–water partition coefficient (Wildman–Crippen LogP) is 5.26. The number of aromatic amines is 1. The first-order valence-electron chi connectivity index (χ1n) is 9.20. The maximum Gasteiger partial charge on any atom is 0.348 e. The summed E-state index contributed by atoms with van der Waals surface area (Å²) in [4.78, 5) is 26.3. The summed E-state index contributed by atoms with van der Waals surface area (Å²) < 4.78 is 8.09. The molecule has 3 aromatic heterocycles. The molecule has 0 saturated heterocycles. The van der Waals surface area contributed by atoms with Crippen molar-refractivity contribution in [1.29, 1.82) is 0 Å². The topological polar surface area (TPSA) is 89.0 Å². The molecule has 0 aliphatic rings. The molecule has 2 N–H and O–H groups in total. The van der Waals surface area contributed by atoms with Crippen LogP contribution in [0.5, 0.6) is 0 Å². The normalized spacial score (nSPS) is 12.1. The molecule has 3 heterocycles. The summed E-state index contributed by atoms with van der Waals surface area (Å²) in [5.41, 5.74) is 0.639. The van der Waals surface area contributed by atoms with Crippen molar-refractivity contribution >= 4 is 62.5 Å². The van der Waals surface area contributed by atoms with E-state index in [1.165, 1.54) is 22.7 Å². The van der Waals surface area contributed by atoms with Gasteiger partial charge in [-0.15, -0.1) is 22.7 Å². The Morgan fingerprint density at radius 2 is 2.17 bits per heavy atom. The van der Waals surface area contributed by atoms with E-state index in [-0.39, 0.29) is 11.9 Å². The second-order valence-electron chi connectivity index (χ2n) is 6.45. The molecule has 0 saturated carbocycles. The highest BCUT2D eigenvalue weighted by molar-refractivity contribution is 7.71. The van der Waals surface area contributed by atoms with E-state index < -0.39 is 6.04 Å². The van der Waals surface area contributed by atoms with E-state index in [1.54, 1.807) is 24.5 Å². The monoisotopic (exact) mass is 458 g/mol. The molecule has 0 spiro atoms. The van der Waals surface area contributed by atoms with Gasteiger partial charge in [-0.05, 0) is 67.2 Å². The quantitative estimate of drug-likeness (QED) is 0.304. The Balaban J connectivity index is 1.57. The van der Waals surface area contributed by atoms with Crippen LogP contribution in [0.2, 0.25) is 0 Å². The zero-order valence-corrected chi connectivity index (χ0v) is 18.6. The van der Waals surface area contributed by atoms with Crippen molar-refractivity contribution in [2.45, 2.75) is 19.9 Å². The van der Waals surface area contributed by atoms with E-state index >= 15 is 0 Å². The van der Waals surface area contributed by atoms with E-state index in [1.807, 2.05) is 35.7 Å². The lowest BCUT2D eigenvalue weighted by molar-refractivity contribution is -0.118. The standard InChI is InChI=1S/C20H18N4O3S3/c1-3-27-19(26)16-10-12-9-13(6-7-14(12)30-16)21-18(25)11(2)24-17(22-23-20(24)28)15-5-4-8-29-15/h4-11H,3H2,1-2H3,(H,21,25)(H,23,28). The Hall–Kier alpha value is -2.82. The van der Waals surface area contributed by atoms with Gasteiger partial charge in [0.2, 0.25) is 5.91 Å². The zero-order valence-electron chi connectivity index (χ0n) is 16.2. The van der Waals surface area contributed by atoms with Crippen molar-refractivity contribution in [3.8, 4) is 10.7 Å². The number of amides is 1. The largest absolute Gasteiger partial charge is 0.462 e. The molecular formula is C20H18N4O3S3. The van der Waals surface area contributed by atoms with E-state index in [4.69, 9.17) is 17.0 Å². The van der Waals surface area contributed by atoms with Gasteiger partial charge in [-0.2, -0.15) is 5.10 Å². The lowest BCUT2D eigenvalue weighted by Crippen LogP contribution is -2.24. The van der Waals surface area contributed by atoms with Crippen LogP contribution in [-0.4, -0.2) is 33.2 Å². The second-order valence-corrected chi connectivity index (χ2v) is 8.87. The SMILES string of the molecule is CCOC(=O)c1cc2cc(NC(=O)C(C)n3c(-c4cccs4)n[nH]c3=S)ccc2s1. The van der Waals surface area contributed by atoms with Gasteiger partial charge in [0.25, 0.3) is 0 Å². The Morgan fingerprint density at radius 1 is 1.33 bits per heavy atom. The minimum atomic E-state index is -0.568. The molecule has 154 valence electrons. The Bertz CT molecular complexity index is 1270. The number of hydrogen-bond acceptors (Lipinski definition) is 7. The van der Waals surface area contributed by atoms with Crippen molar-refractivity contribution in [3.63, 3.8) is 0 Å². The van der Waals surface area contributed by atoms with Crippen molar-refractivity contribution in [2.24, 2.45) is 0 Å². The number of esters is 1. The summed E-state index contributed by atoms with van der Waals surface area (Å²) in [6.07, 6.45) is 0. The molecule has 0 fully saturated rings. The summed E-state index contributed by atoms with van der Waals surface area (Å²) in [6.45, 7) is 3.88. The van der Waals surface area contributed by atoms with Gasteiger partial charge in [-0.25, -0.2) is 4.79 Å². The number of nitrogens with one attached hydrogen (secondary N) is 2. The first kappa shape index (κ1) is 20.5. The molecule has 4 rings (SSSR count). The number of nitrogens with zero attached hydrogens (tertiary/aromatic N) is 2. The number of H-pyrrole nitrogens is 1.